The van der Waals surface area contributed by atoms with E-state index in [9.17, 15) is 25.1 Å². The van der Waals surface area contributed by atoms with Crippen LogP contribution in [0, 0.1) is 17.0 Å². The highest BCUT2D eigenvalue weighted by atomic mass is 16.6. The van der Waals surface area contributed by atoms with Gasteiger partial charge in [-0.15, -0.1) is 0 Å². The van der Waals surface area contributed by atoms with Gasteiger partial charge in [0.25, 0.3) is 5.69 Å². The zero-order valence-corrected chi connectivity index (χ0v) is 8.90. The van der Waals surface area contributed by atoms with E-state index in [4.69, 9.17) is 5.11 Å². The van der Waals surface area contributed by atoms with E-state index in [0.717, 1.165) is 6.07 Å². The van der Waals surface area contributed by atoms with E-state index in [1.54, 1.807) is 6.92 Å². The number of carbonyl (C=O) groups is 1. The Morgan fingerprint density at radius 1 is 1.41 bits per heavy atom. The van der Waals surface area contributed by atoms with Crippen LogP contribution >= 0.6 is 0 Å². The molecule has 0 saturated heterocycles. The van der Waals surface area contributed by atoms with Crippen LogP contribution in [-0.4, -0.2) is 32.3 Å². The van der Waals surface area contributed by atoms with Crippen LogP contribution < -0.4 is 0 Å². The van der Waals surface area contributed by atoms with Crippen LogP contribution in [0.15, 0.2) is 18.2 Å². The molecule has 1 aromatic carbocycles. The summed E-state index contributed by atoms with van der Waals surface area (Å²) in [4.78, 5) is 20.4. The monoisotopic (exact) mass is 241 g/mol. The summed E-state index contributed by atoms with van der Waals surface area (Å²) in [7, 11) is 0. The second-order valence-electron chi connectivity index (χ2n) is 3.53. The molecule has 0 heterocycles. The van der Waals surface area contributed by atoms with Crippen molar-refractivity contribution in [2.75, 3.05) is 0 Å². The average Bonchev–Trinajstić information content (AvgIpc) is 2.27. The number of non-ortho nitro benzene ring substituents is 1. The van der Waals surface area contributed by atoms with Gasteiger partial charge in [-0.1, -0.05) is 6.07 Å². The van der Waals surface area contributed by atoms with Crippen molar-refractivity contribution in [2.24, 2.45) is 0 Å². The summed E-state index contributed by atoms with van der Waals surface area (Å²) in [5.74, 6) is -1.59. The summed E-state index contributed by atoms with van der Waals surface area (Å²) >= 11 is 0. The highest BCUT2D eigenvalue weighted by Crippen LogP contribution is 2.25. The minimum atomic E-state index is -2.02. The average molecular weight is 241 g/mol. The molecule has 0 aliphatic rings. The van der Waals surface area contributed by atoms with Gasteiger partial charge in [0.15, 0.2) is 6.10 Å². The fourth-order valence-corrected chi connectivity index (χ4v) is 1.37. The fraction of sp³-hybridized carbons (Fsp3) is 0.300. The zero-order chi connectivity index (χ0) is 13.2. The summed E-state index contributed by atoms with van der Waals surface area (Å²) in [6, 6.07) is 3.66. The maximum absolute atomic E-state index is 10.5. The standard InChI is InChI=1S/C10H11NO6/c1-5-2-3-6(11(16)17)4-7(5)8(12)9(13)10(14)15/h2-4,8-9,12-13H,1H3,(H,14,15). The molecule has 0 fully saturated rings. The van der Waals surface area contributed by atoms with Crippen LogP contribution in [0.25, 0.3) is 0 Å². The van der Waals surface area contributed by atoms with Gasteiger partial charge in [-0.2, -0.15) is 0 Å². The fourth-order valence-electron chi connectivity index (χ4n) is 1.37. The molecule has 7 nitrogen and oxygen atoms in total. The third-order valence-electron chi connectivity index (χ3n) is 2.34. The van der Waals surface area contributed by atoms with E-state index in [0.29, 0.717) is 5.56 Å². The lowest BCUT2D eigenvalue weighted by Gasteiger charge is -2.16. The van der Waals surface area contributed by atoms with Crippen molar-refractivity contribution in [3.05, 3.63) is 39.4 Å². The highest BCUT2D eigenvalue weighted by Gasteiger charge is 2.27. The summed E-state index contributed by atoms with van der Waals surface area (Å²) in [6.45, 7) is 1.55. The van der Waals surface area contributed by atoms with Gasteiger partial charge in [0.05, 0.1) is 4.92 Å². The maximum atomic E-state index is 10.5. The molecule has 1 rings (SSSR count). The van der Waals surface area contributed by atoms with Gasteiger partial charge in [0.1, 0.15) is 6.10 Å². The molecule has 0 amide bonds. The Morgan fingerprint density at radius 2 is 2.00 bits per heavy atom. The van der Waals surface area contributed by atoms with Crippen LogP contribution in [0.2, 0.25) is 0 Å². The third-order valence-corrected chi connectivity index (χ3v) is 2.34. The number of aliphatic hydroxyl groups is 2. The number of carboxylic acid groups (broad SMARTS) is 1. The van der Waals surface area contributed by atoms with E-state index >= 15 is 0 Å². The molecule has 17 heavy (non-hydrogen) atoms. The van der Waals surface area contributed by atoms with Crippen LogP contribution in [0.3, 0.4) is 0 Å². The summed E-state index contributed by atoms with van der Waals surface area (Å²) in [5.41, 5.74) is 0.208. The van der Waals surface area contributed by atoms with Gasteiger partial charge in [-0.25, -0.2) is 4.79 Å². The molecule has 0 spiro atoms. The Labute approximate surface area is 96.1 Å². The lowest BCUT2D eigenvalue weighted by atomic mass is 9.99. The van der Waals surface area contributed by atoms with E-state index in [1.165, 1.54) is 12.1 Å². The molecular formula is C10H11NO6. The first-order valence-corrected chi connectivity index (χ1v) is 4.68. The van der Waals surface area contributed by atoms with E-state index in [1.807, 2.05) is 0 Å². The van der Waals surface area contributed by atoms with Crippen molar-refractivity contribution in [3.8, 4) is 0 Å². The Morgan fingerprint density at radius 3 is 2.47 bits per heavy atom. The summed E-state index contributed by atoms with van der Waals surface area (Å²) in [6.07, 6.45) is -3.72. The molecule has 2 unspecified atom stereocenters. The number of nitrogens with zero attached hydrogens (tertiary/aromatic N) is 1. The molecule has 3 N–H and O–H groups in total. The van der Waals surface area contributed by atoms with Gasteiger partial charge in [-0.3, -0.25) is 10.1 Å². The minimum Gasteiger partial charge on any atom is -0.479 e. The number of aryl methyl sites for hydroxylation is 1. The largest absolute Gasteiger partial charge is 0.479 e. The number of hydrogen-bond acceptors (Lipinski definition) is 5. The second-order valence-corrected chi connectivity index (χ2v) is 3.53. The van der Waals surface area contributed by atoms with Gasteiger partial charge in [-0.05, 0) is 18.1 Å². The molecule has 0 aliphatic carbocycles. The first-order chi connectivity index (χ1) is 7.84. The van der Waals surface area contributed by atoms with Crippen molar-refractivity contribution in [2.45, 2.75) is 19.1 Å². The van der Waals surface area contributed by atoms with Crippen molar-refractivity contribution in [1.29, 1.82) is 0 Å². The van der Waals surface area contributed by atoms with Gasteiger partial charge < -0.3 is 15.3 Å². The molecular weight excluding hydrogens is 230 g/mol. The smallest absolute Gasteiger partial charge is 0.335 e. The molecule has 0 aliphatic heterocycles. The Kier molecular flexibility index (Phi) is 3.77. The predicted octanol–water partition coefficient (Wildman–Crippen LogP) is 0.382. The number of carboxylic acids is 1. The summed E-state index contributed by atoms with van der Waals surface area (Å²) < 4.78 is 0. The van der Waals surface area contributed by atoms with E-state index in [-0.39, 0.29) is 11.3 Å². The van der Waals surface area contributed by atoms with Gasteiger partial charge in [0.2, 0.25) is 0 Å². The van der Waals surface area contributed by atoms with Crippen molar-refractivity contribution < 1.29 is 25.0 Å². The first-order valence-electron chi connectivity index (χ1n) is 4.68. The van der Waals surface area contributed by atoms with Crippen LogP contribution in [0.1, 0.15) is 17.2 Å². The Hall–Kier alpha value is -1.99. The van der Waals surface area contributed by atoms with E-state index < -0.39 is 23.1 Å². The normalized spacial score (nSPS) is 14.1. The van der Waals surface area contributed by atoms with E-state index in [2.05, 4.69) is 0 Å². The molecule has 92 valence electrons. The van der Waals surface area contributed by atoms with Crippen molar-refractivity contribution in [1.82, 2.24) is 0 Å². The number of nitro groups is 1. The third kappa shape index (κ3) is 2.77. The molecule has 1 aromatic rings. The Bertz CT molecular complexity index is 458. The van der Waals surface area contributed by atoms with Crippen LogP contribution in [-0.2, 0) is 4.79 Å². The SMILES string of the molecule is Cc1ccc([N+](=O)[O-])cc1C(O)C(O)C(=O)O. The lowest BCUT2D eigenvalue weighted by molar-refractivity contribution is -0.385. The molecule has 0 radical (unpaired) electrons. The minimum absolute atomic E-state index is 0.0223. The zero-order valence-electron chi connectivity index (χ0n) is 8.90. The number of aliphatic carboxylic acids is 1. The molecule has 2 atom stereocenters. The maximum Gasteiger partial charge on any atom is 0.335 e. The first kappa shape index (κ1) is 13.1. The van der Waals surface area contributed by atoms with Crippen molar-refractivity contribution in [3.63, 3.8) is 0 Å². The molecule has 0 saturated carbocycles. The van der Waals surface area contributed by atoms with Crippen LogP contribution in [0.4, 0.5) is 5.69 Å². The number of benzene rings is 1. The number of rotatable bonds is 4. The van der Waals surface area contributed by atoms with Gasteiger partial charge >= 0.3 is 5.97 Å². The molecule has 7 heteroatoms. The second kappa shape index (κ2) is 4.89. The number of hydrogen-bond donors (Lipinski definition) is 3. The van der Waals surface area contributed by atoms with Gasteiger partial charge in [0, 0.05) is 12.1 Å². The topological polar surface area (TPSA) is 121 Å². The quantitative estimate of drug-likeness (QED) is 0.517. The Balaban J connectivity index is 3.16. The number of aliphatic hydroxyl groups excluding tert-OH is 2. The highest BCUT2D eigenvalue weighted by molar-refractivity contribution is 5.73. The van der Waals surface area contributed by atoms with Crippen molar-refractivity contribution >= 4 is 11.7 Å². The molecule has 0 aromatic heterocycles. The number of nitro benzene ring substituents is 1. The molecule has 0 bridgehead atoms. The lowest BCUT2D eigenvalue weighted by Crippen LogP contribution is -2.28. The summed E-state index contributed by atoms with van der Waals surface area (Å²) in [5, 5.41) is 37.9. The predicted molar refractivity (Wildman–Crippen MR) is 56.4 cm³/mol. The van der Waals surface area contributed by atoms with Crippen LogP contribution in [0.5, 0.6) is 0 Å².